The summed E-state index contributed by atoms with van der Waals surface area (Å²) >= 11 is 4.92. The zero-order valence-corrected chi connectivity index (χ0v) is 8.02. The van der Waals surface area contributed by atoms with E-state index >= 15 is 0 Å². The molecule has 2 nitrogen and oxygen atoms in total. The Balaban J connectivity index is 2.86. The van der Waals surface area contributed by atoms with Crippen LogP contribution in [0.15, 0.2) is 30.3 Å². The normalized spacial score (nSPS) is 12.2. The van der Waals surface area contributed by atoms with Crippen LogP contribution in [0.1, 0.15) is 17.3 Å². The molecule has 0 bridgehead atoms. The molecule has 0 fully saturated rings. The Hall–Kier alpha value is -0.921. The van der Waals surface area contributed by atoms with E-state index in [1.165, 1.54) is 6.92 Å². The Morgan fingerprint density at radius 2 is 1.77 bits per heavy atom. The molecule has 0 saturated heterocycles. The molecule has 0 N–H and O–H groups in total. The van der Waals surface area contributed by atoms with Crippen molar-refractivity contribution in [3.8, 4) is 0 Å². The summed E-state index contributed by atoms with van der Waals surface area (Å²) < 4.78 is 0. The average Bonchev–Trinajstić information content (AvgIpc) is 2.17. The molecule has 0 amide bonds. The second-order valence-corrected chi connectivity index (χ2v) is 3.20. The molecular weight excluding hydrogens is 216 g/mol. The third-order valence-corrected chi connectivity index (χ3v) is 2.22. The first-order valence-electron chi connectivity index (χ1n) is 3.82. The molecule has 0 aliphatic carbocycles. The summed E-state index contributed by atoms with van der Waals surface area (Å²) in [4.78, 5) is 21.3. The number of hydrogen-bond donors (Lipinski definition) is 0. The van der Waals surface area contributed by atoms with Gasteiger partial charge in [-0.15, -0.1) is 0 Å². The maximum absolute atomic E-state index is 11.5. The first-order valence-corrected chi connectivity index (χ1v) is 4.36. The van der Waals surface area contributed by atoms with Crippen molar-refractivity contribution >= 4 is 11.6 Å². The number of ketones is 2. The van der Waals surface area contributed by atoms with Crippen molar-refractivity contribution in [2.45, 2.75) is 11.7 Å². The van der Waals surface area contributed by atoms with Crippen LogP contribution in [-0.2, 0) is 20.8 Å². The van der Waals surface area contributed by atoms with Gasteiger partial charge in [0.15, 0.2) is 0 Å². The summed E-state index contributed by atoms with van der Waals surface area (Å²) in [5, 5.41) is 0. The number of rotatable bonds is 3. The number of hydrogen-bond acceptors (Lipinski definition) is 2. The van der Waals surface area contributed by atoms with Crippen LogP contribution in [0.5, 0.6) is 0 Å². The summed E-state index contributed by atoms with van der Waals surface area (Å²) in [6.45, 7) is 1.33. The van der Waals surface area contributed by atoms with Crippen LogP contribution in [0.25, 0.3) is 0 Å². The summed E-state index contributed by atoms with van der Waals surface area (Å²) in [5.41, 5.74) is 0.493. The van der Waals surface area contributed by atoms with Gasteiger partial charge < -0.3 is 0 Å². The van der Waals surface area contributed by atoms with Crippen molar-refractivity contribution in [3.63, 3.8) is 0 Å². The average molecular weight is 225 g/mol. The van der Waals surface area contributed by atoms with Crippen molar-refractivity contribution in [1.29, 1.82) is 0 Å². The molecule has 0 radical (unpaired) electrons. The molecule has 0 aliphatic heterocycles. The molecule has 0 saturated carbocycles. The van der Waals surface area contributed by atoms with Gasteiger partial charge in [0.1, 0.15) is 0 Å². The van der Waals surface area contributed by atoms with Gasteiger partial charge in [0, 0.05) is 0 Å². The molecule has 72 valence electrons. The third kappa shape index (κ3) is 2.51. The van der Waals surface area contributed by atoms with Crippen LogP contribution in [0, 0.1) is 0 Å². The van der Waals surface area contributed by atoms with Gasteiger partial charge in [-0.05, 0) is 0 Å². The predicted octanol–water partition coefficient (Wildman–Crippen LogP) is 1.79. The molecule has 1 rings (SSSR count). The fourth-order valence-corrected chi connectivity index (χ4v) is 1.08. The van der Waals surface area contributed by atoms with E-state index in [9.17, 15) is 9.59 Å². The number of carbonyl (C=O) groups excluding carboxylic acids is 2. The number of carbonyl (C=O) groups is 2. The Kier molecular flexibility index (Phi) is 3.40. The molecular formula is C10H9CuO2. The topological polar surface area (TPSA) is 34.1 Å². The monoisotopic (exact) mass is 224 g/mol. The molecule has 1 aromatic carbocycles. The molecule has 3 heteroatoms. The molecule has 13 heavy (non-hydrogen) atoms. The van der Waals surface area contributed by atoms with Crippen molar-refractivity contribution in [1.82, 2.24) is 0 Å². The first-order chi connectivity index (χ1) is 6.13. The summed E-state index contributed by atoms with van der Waals surface area (Å²) in [6, 6.07) is 8.60. The zero-order chi connectivity index (χ0) is 9.84. The van der Waals surface area contributed by atoms with Gasteiger partial charge in [-0.1, -0.05) is 0 Å². The van der Waals surface area contributed by atoms with Crippen LogP contribution in [0.3, 0.4) is 0 Å². The molecule has 1 aromatic rings. The van der Waals surface area contributed by atoms with Gasteiger partial charge in [0.25, 0.3) is 0 Å². The molecule has 0 heterocycles. The number of Topliss-reactive ketones (excluding diaryl/α,β-unsaturated/α-hetero) is 2. The second kappa shape index (κ2) is 4.35. The standard InChI is InChI=1S/C10H9O2.Cu/c1-8(11)7-10(12)9-5-3-2-4-6-9;/h2-7H,1H3;. The van der Waals surface area contributed by atoms with E-state index in [1.54, 1.807) is 30.3 Å². The molecule has 0 aliphatic rings. The van der Waals surface area contributed by atoms with Crippen molar-refractivity contribution < 1.29 is 25.6 Å². The van der Waals surface area contributed by atoms with E-state index in [2.05, 4.69) is 0 Å². The van der Waals surface area contributed by atoms with Gasteiger partial charge >= 0.3 is 84.8 Å². The van der Waals surface area contributed by atoms with Crippen molar-refractivity contribution in [2.24, 2.45) is 0 Å². The Morgan fingerprint density at radius 3 is 2.23 bits per heavy atom. The van der Waals surface area contributed by atoms with Gasteiger partial charge in [-0.3, -0.25) is 0 Å². The quantitative estimate of drug-likeness (QED) is 0.446. The SMILES string of the molecule is CC(=O)[CH]([Cu])C(=O)c1ccccc1. The van der Waals surface area contributed by atoms with Gasteiger partial charge in [0.2, 0.25) is 0 Å². The van der Waals surface area contributed by atoms with E-state index in [-0.39, 0.29) is 11.6 Å². The second-order valence-electron chi connectivity index (χ2n) is 2.66. The fourth-order valence-electron chi connectivity index (χ4n) is 0.921. The van der Waals surface area contributed by atoms with Crippen LogP contribution in [-0.4, -0.2) is 11.6 Å². The molecule has 1 atom stereocenters. The van der Waals surface area contributed by atoms with Crippen molar-refractivity contribution in [2.75, 3.05) is 0 Å². The van der Waals surface area contributed by atoms with E-state index in [1.807, 2.05) is 0 Å². The summed E-state index contributed by atoms with van der Waals surface area (Å²) in [5.74, 6) is -0.582. The summed E-state index contributed by atoms with van der Waals surface area (Å²) in [6.07, 6.45) is 0. The summed E-state index contributed by atoms with van der Waals surface area (Å²) in [7, 11) is 0. The van der Waals surface area contributed by atoms with E-state index < -0.39 is 4.82 Å². The van der Waals surface area contributed by atoms with Crippen LogP contribution >= 0.6 is 0 Å². The van der Waals surface area contributed by atoms with Crippen LogP contribution in [0.2, 0.25) is 4.82 Å². The van der Waals surface area contributed by atoms with Crippen LogP contribution < -0.4 is 0 Å². The van der Waals surface area contributed by atoms with E-state index in [4.69, 9.17) is 16.0 Å². The number of benzene rings is 1. The Morgan fingerprint density at radius 1 is 1.23 bits per heavy atom. The molecule has 0 spiro atoms. The first kappa shape index (κ1) is 10.2. The predicted molar refractivity (Wildman–Crippen MR) is 45.2 cm³/mol. The van der Waals surface area contributed by atoms with Crippen LogP contribution in [0.4, 0.5) is 0 Å². The maximum atomic E-state index is 11.5. The third-order valence-electron chi connectivity index (χ3n) is 1.59. The minimum atomic E-state index is -0.963. The van der Waals surface area contributed by atoms with Gasteiger partial charge in [0.05, 0.1) is 0 Å². The zero-order valence-electron chi connectivity index (χ0n) is 7.08. The van der Waals surface area contributed by atoms with Gasteiger partial charge in [-0.25, -0.2) is 0 Å². The Labute approximate surface area is 85.1 Å². The van der Waals surface area contributed by atoms with E-state index in [0.717, 1.165) is 0 Å². The van der Waals surface area contributed by atoms with E-state index in [0.29, 0.717) is 5.56 Å². The molecule has 1 unspecified atom stereocenters. The minimum absolute atomic E-state index is 0.283. The Bertz CT molecular complexity index is 319. The van der Waals surface area contributed by atoms with Gasteiger partial charge in [-0.2, -0.15) is 0 Å². The fraction of sp³-hybridized carbons (Fsp3) is 0.200. The van der Waals surface area contributed by atoms with Crippen molar-refractivity contribution in [3.05, 3.63) is 35.9 Å². The molecule has 0 aromatic heterocycles.